The van der Waals surface area contributed by atoms with Crippen LogP contribution in [0, 0.1) is 12.8 Å². The third kappa shape index (κ3) is 5.38. The van der Waals surface area contributed by atoms with Crippen LogP contribution in [0.2, 0.25) is 5.02 Å². The van der Waals surface area contributed by atoms with Crippen molar-refractivity contribution in [2.45, 2.75) is 39.3 Å². The normalized spacial score (nSPS) is 14.1. The zero-order chi connectivity index (χ0) is 26.1. The summed E-state index contributed by atoms with van der Waals surface area (Å²) in [6.07, 6.45) is 2.25. The molecule has 1 aliphatic rings. The Kier molecular flexibility index (Phi) is 6.99. The Hall–Kier alpha value is -3.69. The molecule has 0 saturated heterocycles. The number of carbonyl (C=O) groups is 1. The van der Waals surface area contributed by atoms with Gasteiger partial charge < -0.3 is 24.8 Å². The number of nitrogens with one attached hydrogen (secondary N) is 1. The number of hydrogen-bond donors (Lipinski definition) is 3. The minimum atomic E-state index is -1.22. The molecule has 1 aliphatic carbocycles. The van der Waals surface area contributed by atoms with E-state index >= 15 is 0 Å². The number of nitrogens with zero attached hydrogens (tertiary/aromatic N) is 4. The molecule has 192 valence electrons. The fourth-order valence-corrected chi connectivity index (χ4v) is 4.52. The van der Waals surface area contributed by atoms with Crippen LogP contribution < -0.4 is 10.1 Å². The second-order valence-electron chi connectivity index (χ2n) is 9.36. The van der Waals surface area contributed by atoms with Crippen molar-refractivity contribution in [2.24, 2.45) is 5.92 Å². The average Bonchev–Trinajstić information content (AvgIpc) is 3.67. The number of rotatable bonds is 10. The van der Waals surface area contributed by atoms with E-state index < -0.39 is 5.97 Å². The summed E-state index contributed by atoms with van der Waals surface area (Å²) in [5.41, 5.74) is 3.56. The predicted molar refractivity (Wildman–Crippen MR) is 141 cm³/mol. The molecule has 2 aromatic carbocycles. The number of aryl methyl sites for hydroxylation is 1. The quantitative estimate of drug-likeness (QED) is 0.272. The van der Waals surface area contributed by atoms with E-state index in [0.717, 1.165) is 24.0 Å². The van der Waals surface area contributed by atoms with Crippen molar-refractivity contribution in [2.75, 3.05) is 18.5 Å². The standard InChI is InChI=1S/C27H28ClN5O4/c1-15-3-10-21(37-12-11-34)20(13-15)26-32-24-22(33(26)14-17-4-8-19(28)9-5-17)23(29-16(2)18-6-7-18)30-25(31-24)27(35)36/h3-5,8-10,13,16,18,34H,6-7,11-12,14H2,1-2H3,(H,35,36)(H,29,30,31). The van der Waals surface area contributed by atoms with E-state index in [1.54, 1.807) is 0 Å². The Labute approximate surface area is 219 Å². The maximum absolute atomic E-state index is 11.9. The summed E-state index contributed by atoms with van der Waals surface area (Å²) >= 11 is 6.13. The molecule has 4 aromatic rings. The summed E-state index contributed by atoms with van der Waals surface area (Å²) in [7, 11) is 0. The number of aromatic nitrogens is 4. The van der Waals surface area contributed by atoms with Crippen molar-refractivity contribution < 1.29 is 19.7 Å². The number of halogens is 1. The van der Waals surface area contributed by atoms with Gasteiger partial charge in [-0.05, 0) is 62.4 Å². The Morgan fingerprint density at radius 1 is 1.19 bits per heavy atom. The number of anilines is 1. The van der Waals surface area contributed by atoms with Crippen LogP contribution in [0.15, 0.2) is 42.5 Å². The number of ether oxygens (including phenoxy) is 1. The number of carboxylic acids is 1. The Morgan fingerprint density at radius 2 is 1.95 bits per heavy atom. The molecule has 37 heavy (non-hydrogen) atoms. The second-order valence-corrected chi connectivity index (χ2v) is 9.80. The monoisotopic (exact) mass is 521 g/mol. The number of aliphatic hydroxyl groups is 1. The van der Waals surface area contributed by atoms with Gasteiger partial charge in [0.15, 0.2) is 11.5 Å². The smallest absolute Gasteiger partial charge is 0.374 e. The van der Waals surface area contributed by atoms with Crippen LogP contribution in [-0.4, -0.2) is 55.0 Å². The predicted octanol–water partition coefficient (Wildman–Crippen LogP) is 4.78. The number of aromatic carboxylic acids is 1. The van der Waals surface area contributed by atoms with E-state index in [-0.39, 0.29) is 30.7 Å². The van der Waals surface area contributed by atoms with Crippen molar-refractivity contribution in [3.8, 4) is 17.1 Å². The lowest BCUT2D eigenvalue weighted by molar-refractivity contribution is 0.0684. The van der Waals surface area contributed by atoms with E-state index in [1.807, 2.05) is 54.0 Å². The summed E-state index contributed by atoms with van der Waals surface area (Å²) in [5, 5.41) is 23.1. The second kappa shape index (κ2) is 10.4. The fraction of sp³-hybridized carbons (Fsp3) is 0.333. The summed E-state index contributed by atoms with van der Waals surface area (Å²) in [5.74, 6) is 0.517. The molecular weight excluding hydrogens is 494 g/mol. The minimum Gasteiger partial charge on any atom is -0.490 e. The van der Waals surface area contributed by atoms with Crippen molar-refractivity contribution in [1.29, 1.82) is 0 Å². The highest BCUT2D eigenvalue weighted by molar-refractivity contribution is 6.30. The Bertz CT molecular complexity index is 1450. The van der Waals surface area contributed by atoms with E-state index in [4.69, 9.17) is 21.3 Å². The Morgan fingerprint density at radius 3 is 2.62 bits per heavy atom. The Balaban J connectivity index is 1.75. The van der Waals surface area contributed by atoms with Gasteiger partial charge in [0.1, 0.15) is 23.7 Å². The largest absolute Gasteiger partial charge is 0.490 e. The van der Waals surface area contributed by atoms with Crippen molar-refractivity contribution in [3.05, 3.63) is 64.4 Å². The van der Waals surface area contributed by atoms with Crippen LogP contribution in [-0.2, 0) is 6.54 Å². The molecule has 1 atom stereocenters. The third-order valence-corrected chi connectivity index (χ3v) is 6.72. The van der Waals surface area contributed by atoms with Gasteiger partial charge >= 0.3 is 5.97 Å². The lowest BCUT2D eigenvalue weighted by Gasteiger charge is -2.17. The lowest BCUT2D eigenvalue weighted by atomic mass is 10.1. The van der Waals surface area contributed by atoms with Gasteiger partial charge in [0, 0.05) is 17.6 Å². The maximum atomic E-state index is 11.9. The zero-order valence-corrected chi connectivity index (χ0v) is 21.4. The highest BCUT2D eigenvalue weighted by Crippen LogP contribution is 2.37. The van der Waals surface area contributed by atoms with Crippen molar-refractivity contribution in [3.63, 3.8) is 0 Å². The molecule has 10 heteroatoms. The zero-order valence-electron chi connectivity index (χ0n) is 20.6. The van der Waals surface area contributed by atoms with E-state index in [1.165, 1.54) is 0 Å². The molecule has 0 spiro atoms. The molecular formula is C27H28ClN5O4. The minimum absolute atomic E-state index is 0.115. The van der Waals surface area contributed by atoms with Crippen molar-refractivity contribution >= 4 is 34.6 Å². The summed E-state index contributed by atoms with van der Waals surface area (Å²) in [6, 6.07) is 13.4. The molecule has 1 saturated carbocycles. The number of hydrogen-bond acceptors (Lipinski definition) is 7. The van der Waals surface area contributed by atoms with Crippen LogP contribution >= 0.6 is 11.6 Å². The first kappa shape index (κ1) is 25.0. The maximum Gasteiger partial charge on any atom is 0.374 e. The number of benzene rings is 2. The highest BCUT2D eigenvalue weighted by Gasteiger charge is 2.30. The highest BCUT2D eigenvalue weighted by atomic mass is 35.5. The molecule has 1 unspecified atom stereocenters. The van der Waals surface area contributed by atoms with E-state index in [9.17, 15) is 15.0 Å². The molecule has 2 aromatic heterocycles. The van der Waals surface area contributed by atoms with Crippen LogP contribution in [0.4, 0.5) is 5.82 Å². The first-order chi connectivity index (χ1) is 17.8. The molecule has 0 bridgehead atoms. The lowest BCUT2D eigenvalue weighted by Crippen LogP contribution is -2.20. The molecule has 1 fully saturated rings. The molecule has 0 radical (unpaired) electrons. The topological polar surface area (TPSA) is 122 Å². The number of aliphatic hydroxyl groups excluding tert-OH is 1. The molecule has 3 N–H and O–H groups in total. The molecule has 0 aliphatic heterocycles. The first-order valence-corrected chi connectivity index (χ1v) is 12.6. The van der Waals surface area contributed by atoms with Gasteiger partial charge in [-0.1, -0.05) is 35.4 Å². The van der Waals surface area contributed by atoms with Gasteiger partial charge in [-0.3, -0.25) is 0 Å². The van der Waals surface area contributed by atoms with Crippen LogP contribution in [0.25, 0.3) is 22.6 Å². The van der Waals surface area contributed by atoms with Gasteiger partial charge in [0.05, 0.1) is 12.2 Å². The molecule has 5 rings (SSSR count). The van der Waals surface area contributed by atoms with Crippen LogP contribution in [0.1, 0.15) is 41.5 Å². The van der Waals surface area contributed by atoms with E-state index in [0.29, 0.717) is 46.0 Å². The van der Waals surface area contributed by atoms with Gasteiger partial charge in [0.2, 0.25) is 5.82 Å². The van der Waals surface area contributed by atoms with Gasteiger partial charge in [-0.2, -0.15) is 0 Å². The van der Waals surface area contributed by atoms with Crippen molar-refractivity contribution in [1.82, 2.24) is 19.5 Å². The number of fused-ring (bicyclic) bond motifs is 1. The SMILES string of the molecule is Cc1ccc(OCCO)c(-c2nc3nc(C(=O)O)nc(NC(C)C4CC4)c3n2Cc2ccc(Cl)cc2)c1. The molecule has 2 heterocycles. The number of carboxylic acid groups (broad SMARTS) is 1. The van der Waals surface area contributed by atoms with Gasteiger partial charge in [-0.25, -0.2) is 19.7 Å². The summed E-state index contributed by atoms with van der Waals surface area (Å²) < 4.78 is 7.82. The molecule has 0 amide bonds. The first-order valence-electron chi connectivity index (χ1n) is 12.2. The van der Waals surface area contributed by atoms with Gasteiger partial charge in [-0.15, -0.1) is 0 Å². The van der Waals surface area contributed by atoms with Gasteiger partial charge in [0.25, 0.3) is 0 Å². The molecule has 9 nitrogen and oxygen atoms in total. The van der Waals surface area contributed by atoms with E-state index in [2.05, 4.69) is 22.2 Å². The number of imidazole rings is 1. The van der Waals surface area contributed by atoms with Crippen LogP contribution in [0.3, 0.4) is 0 Å². The van der Waals surface area contributed by atoms with Crippen LogP contribution in [0.5, 0.6) is 5.75 Å². The summed E-state index contributed by atoms with van der Waals surface area (Å²) in [6.45, 7) is 4.46. The summed E-state index contributed by atoms with van der Waals surface area (Å²) in [4.78, 5) is 25.4. The average molecular weight is 522 g/mol. The third-order valence-electron chi connectivity index (χ3n) is 6.47. The fourth-order valence-electron chi connectivity index (χ4n) is 4.39.